The molecule has 0 radical (unpaired) electrons. The topological polar surface area (TPSA) is 9.23 Å². The predicted molar refractivity (Wildman–Crippen MR) is 74.6 cm³/mol. The maximum absolute atomic E-state index is 6.18. The van der Waals surface area contributed by atoms with Crippen molar-refractivity contribution in [1.29, 1.82) is 0 Å². The number of rotatable bonds is 4. The zero-order valence-electron chi connectivity index (χ0n) is 12.1. The molecule has 0 aromatic rings. The van der Waals surface area contributed by atoms with E-state index < -0.39 is 8.07 Å². The number of ether oxygens (including phenoxy) is 1. The van der Waals surface area contributed by atoms with Crippen LogP contribution in [0.15, 0.2) is 0 Å². The van der Waals surface area contributed by atoms with E-state index in [0.717, 1.165) is 12.5 Å². The summed E-state index contributed by atoms with van der Waals surface area (Å²) in [7, 11) is -1.34. The van der Waals surface area contributed by atoms with Gasteiger partial charge in [0.2, 0.25) is 0 Å². The van der Waals surface area contributed by atoms with E-state index in [1.54, 1.807) is 0 Å². The molecule has 2 heteroatoms. The number of hydrogen-bond acceptors (Lipinski definition) is 1. The third-order valence-electron chi connectivity index (χ3n) is 4.82. The third-order valence-corrected chi connectivity index (χ3v) is 10.7. The third kappa shape index (κ3) is 2.89. The van der Waals surface area contributed by atoms with Gasteiger partial charge in [-0.05, 0) is 30.7 Å². The molecule has 0 saturated heterocycles. The van der Waals surface area contributed by atoms with Gasteiger partial charge in [-0.15, -0.1) is 0 Å². The summed E-state index contributed by atoms with van der Waals surface area (Å²) in [6.45, 7) is 15.3. The summed E-state index contributed by atoms with van der Waals surface area (Å²) < 4.78 is 6.18. The fourth-order valence-corrected chi connectivity index (χ4v) is 5.75. The van der Waals surface area contributed by atoms with Gasteiger partial charge in [-0.2, -0.15) is 0 Å². The molecule has 0 bridgehead atoms. The van der Waals surface area contributed by atoms with Crippen LogP contribution in [0.2, 0.25) is 18.1 Å². The van der Waals surface area contributed by atoms with Gasteiger partial charge in [0.1, 0.15) is 0 Å². The van der Waals surface area contributed by atoms with Crippen molar-refractivity contribution in [3.05, 3.63) is 0 Å². The van der Waals surface area contributed by atoms with E-state index in [2.05, 4.69) is 40.8 Å². The Kier molecular flexibility index (Phi) is 4.64. The zero-order chi connectivity index (χ0) is 12.4. The standard InChI is InChI=1S/C14H30OSi/c1-7-15-13(12-10-8-9-11-12)16(5,6)14(2,3)4/h12-13H,7-11H2,1-6H3. The van der Waals surface area contributed by atoms with Crippen molar-refractivity contribution in [3.8, 4) is 0 Å². The van der Waals surface area contributed by atoms with Gasteiger partial charge < -0.3 is 4.74 Å². The molecular formula is C14H30OSi. The molecule has 0 amide bonds. The van der Waals surface area contributed by atoms with Gasteiger partial charge in [0.15, 0.2) is 0 Å². The molecule has 0 aromatic carbocycles. The molecule has 1 aliphatic rings. The smallest absolute Gasteiger partial charge is 0.0872 e. The van der Waals surface area contributed by atoms with Gasteiger partial charge >= 0.3 is 0 Å². The van der Waals surface area contributed by atoms with Crippen LogP contribution in [-0.4, -0.2) is 20.4 Å². The Morgan fingerprint density at radius 1 is 1.19 bits per heavy atom. The lowest BCUT2D eigenvalue weighted by Crippen LogP contribution is -2.53. The first kappa shape index (κ1) is 14.2. The lowest BCUT2D eigenvalue weighted by atomic mass is 10.1. The summed E-state index contributed by atoms with van der Waals surface area (Å²) in [5, 5.41) is 0.440. The second-order valence-corrected chi connectivity index (χ2v) is 12.4. The van der Waals surface area contributed by atoms with Crippen molar-refractivity contribution in [2.75, 3.05) is 6.61 Å². The van der Waals surface area contributed by atoms with Crippen LogP contribution in [0.25, 0.3) is 0 Å². The van der Waals surface area contributed by atoms with Gasteiger partial charge in [0, 0.05) is 6.61 Å². The minimum absolute atomic E-state index is 0.440. The van der Waals surface area contributed by atoms with Crippen molar-refractivity contribution in [1.82, 2.24) is 0 Å². The Balaban J connectivity index is 2.83. The molecule has 1 saturated carbocycles. The summed E-state index contributed by atoms with van der Waals surface area (Å²) in [5.74, 6) is 0.848. The lowest BCUT2D eigenvalue weighted by Gasteiger charge is -2.45. The minimum Gasteiger partial charge on any atom is -0.382 e. The number of hydrogen-bond donors (Lipinski definition) is 0. The highest BCUT2D eigenvalue weighted by Gasteiger charge is 2.46. The first-order valence-corrected chi connectivity index (χ1v) is 10.00. The van der Waals surface area contributed by atoms with Gasteiger partial charge in [-0.1, -0.05) is 46.7 Å². The van der Waals surface area contributed by atoms with E-state index in [9.17, 15) is 0 Å². The van der Waals surface area contributed by atoms with Crippen molar-refractivity contribution in [2.45, 2.75) is 77.2 Å². The average Bonchev–Trinajstić information content (AvgIpc) is 2.64. The van der Waals surface area contributed by atoms with Crippen LogP contribution in [0.1, 0.15) is 53.4 Å². The highest BCUT2D eigenvalue weighted by atomic mass is 28.3. The first-order valence-electron chi connectivity index (χ1n) is 6.92. The van der Waals surface area contributed by atoms with Gasteiger partial charge in [0.25, 0.3) is 0 Å². The molecule has 1 nitrogen and oxygen atoms in total. The fourth-order valence-electron chi connectivity index (χ4n) is 2.80. The van der Waals surface area contributed by atoms with Crippen molar-refractivity contribution in [2.24, 2.45) is 5.92 Å². The zero-order valence-corrected chi connectivity index (χ0v) is 13.1. The van der Waals surface area contributed by atoms with E-state index in [1.165, 1.54) is 25.7 Å². The van der Waals surface area contributed by atoms with Gasteiger partial charge in [-0.25, -0.2) is 0 Å². The quantitative estimate of drug-likeness (QED) is 0.653. The van der Waals surface area contributed by atoms with Crippen LogP contribution in [0, 0.1) is 5.92 Å². The van der Waals surface area contributed by atoms with E-state index >= 15 is 0 Å². The normalized spacial score (nSPS) is 21.4. The highest BCUT2D eigenvalue weighted by molar-refractivity contribution is 6.81. The molecule has 0 heterocycles. The molecule has 0 spiro atoms. The Morgan fingerprint density at radius 2 is 1.69 bits per heavy atom. The summed E-state index contributed by atoms with van der Waals surface area (Å²) in [5.41, 5.74) is 0.569. The van der Waals surface area contributed by atoms with E-state index in [1.807, 2.05) is 0 Å². The largest absolute Gasteiger partial charge is 0.382 e. The minimum atomic E-state index is -1.34. The molecule has 96 valence electrons. The molecule has 1 unspecified atom stereocenters. The van der Waals surface area contributed by atoms with Crippen LogP contribution >= 0.6 is 0 Å². The van der Waals surface area contributed by atoms with Crippen LogP contribution in [0.5, 0.6) is 0 Å². The maximum Gasteiger partial charge on any atom is 0.0872 e. The highest BCUT2D eigenvalue weighted by Crippen LogP contribution is 2.44. The first-order chi connectivity index (χ1) is 7.30. The van der Waals surface area contributed by atoms with E-state index in [-0.39, 0.29) is 0 Å². The molecular weight excluding hydrogens is 212 g/mol. The summed E-state index contributed by atoms with van der Waals surface area (Å²) in [6.07, 6.45) is 5.64. The fraction of sp³-hybridized carbons (Fsp3) is 1.00. The van der Waals surface area contributed by atoms with Gasteiger partial charge in [0.05, 0.1) is 13.8 Å². The molecule has 16 heavy (non-hydrogen) atoms. The van der Waals surface area contributed by atoms with Crippen LogP contribution in [-0.2, 0) is 4.74 Å². The Bertz CT molecular complexity index is 211. The second-order valence-electron chi connectivity index (χ2n) is 6.89. The van der Waals surface area contributed by atoms with Crippen molar-refractivity contribution < 1.29 is 4.74 Å². The molecule has 1 fully saturated rings. The van der Waals surface area contributed by atoms with Crippen molar-refractivity contribution >= 4 is 8.07 Å². The summed E-state index contributed by atoms with van der Waals surface area (Å²) >= 11 is 0. The molecule has 0 aromatic heterocycles. The monoisotopic (exact) mass is 242 g/mol. The predicted octanol–water partition coefficient (Wildman–Crippen LogP) is 4.63. The lowest BCUT2D eigenvalue weighted by molar-refractivity contribution is 0.0679. The van der Waals surface area contributed by atoms with Gasteiger partial charge in [-0.3, -0.25) is 0 Å². The molecule has 1 atom stereocenters. The van der Waals surface area contributed by atoms with Crippen LogP contribution < -0.4 is 0 Å². The van der Waals surface area contributed by atoms with E-state index in [4.69, 9.17) is 4.74 Å². The molecule has 0 aliphatic heterocycles. The molecule has 0 N–H and O–H groups in total. The van der Waals surface area contributed by atoms with Crippen LogP contribution in [0.3, 0.4) is 0 Å². The maximum atomic E-state index is 6.18. The SMILES string of the molecule is CCOC(C1CCCC1)[Si](C)(C)C(C)(C)C. The van der Waals surface area contributed by atoms with E-state index in [0.29, 0.717) is 10.8 Å². The second kappa shape index (κ2) is 5.22. The molecule has 1 aliphatic carbocycles. The van der Waals surface area contributed by atoms with Crippen molar-refractivity contribution in [3.63, 3.8) is 0 Å². The van der Waals surface area contributed by atoms with Crippen LogP contribution in [0.4, 0.5) is 0 Å². The Morgan fingerprint density at radius 3 is 2.06 bits per heavy atom. The molecule has 1 rings (SSSR count). The average molecular weight is 242 g/mol. The Hall–Kier alpha value is 0.177. The summed E-state index contributed by atoms with van der Waals surface area (Å²) in [4.78, 5) is 0. The Labute approximate surface area is 103 Å². The summed E-state index contributed by atoms with van der Waals surface area (Å²) in [6, 6.07) is 0.